The van der Waals surface area contributed by atoms with E-state index in [-0.39, 0.29) is 25.4 Å². The van der Waals surface area contributed by atoms with E-state index >= 15 is 0 Å². The van der Waals surface area contributed by atoms with Crippen LogP contribution in [-0.4, -0.2) is 47.4 Å². The van der Waals surface area contributed by atoms with Crippen molar-refractivity contribution in [3.63, 3.8) is 0 Å². The molecule has 2 atom stereocenters. The SMILES string of the molecule is CCOC(=O)[C@H](CCC(=O)C=[N+]=N)NC(=O)[C@@H](N)CC(C)C. The monoisotopic (exact) mass is 313 g/mol. The summed E-state index contributed by atoms with van der Waals surface area (Å²) in [5.41, 5.74) is 12.3. The van der Waals surface area contributed by atoms with Crippen LogP contribution in [0.15, 0.2) is 0 Å². The number of carbonyl (C=O) groups is 3. The van der Waals surface area contributed by atoms with Gasteiger partial charge in [0.05, 0.1) is 23.0 Å². The number of Topliss-reactive ketones (excluding diaryl/α,β-unsaturated/α-hetero) is 1. The first-order valence-electron chi connectivity index (χ1n) is 7.27. The highest BCUT2D eigenvalue weighted by molar-refractivity contribution is 6.25. The van der Waals surface area contributed by atoms with Crippen LogP contribution in [0.2, 0.25) is 0 Å². The average Bonchev–Trinajstić information content (AvgIpc) is 2.42. The second-order valence-corrected chi connectivity index (χ2v) is 5.31. The summed E-state index contributed by atoms with van der Waals surface area (Å²) in [7, 11) is 0. The van der Waals surface area contributed by atoms with Crippen LogP contribution in [0, 0.1) is 11.4 Å². The Morgan fingerprint density at radius 3 is 2.50 bits per heavy atom. The molecule has 0 aliphatic carbocycles. The normalized spacial score (nSPS) is 13.0. The first-order valence-corrected chi connectivity index (χ1v) is 7.27. The van der Waals surface area contributed by atoms with Crippen LogP contribution in [0.1, 0.15) is 40.0 Å². The van der Waals surface area contributed by atoms with E-state index < -0.39 is 29.7 Å². The van der Waals surface area contributed by atoms with Crippen LogP contribution in [-0.2, 0) is 19.1 Å². The van der Waals surface area contributed by atoms with E-state index in [9.17, 15) is 14.4 Å². The topological polar surface area (TPSA) is 136 Å². The van der Waals surface area contributed by atoms with Gasteiger partial charge in [-0.3, -0.25) is 9.59 Å². The molecule has 0 aliphatic rings. The molecule has 0 radical (unpaired) electrons. The summed E-state index contributed by atoms with van der Waals surface area (Å²) in [5, 5.41) is 2.52. The molecule has 8 nitrogen and oxygen atoms in total. The molecule has 8 heteroatoms. The molecule has 124 valence electrons. The van der Waals surface area contributed by atoms with Crippen molar-refractivity contribution >= 4 is 23.9 Å². The number of ketones is 1. The Labute approximate surface area is 130 Å². The van der Waals surface area contributed by atoms with E-state index in [2.05, 4.69) is 10.1 Å². The molecule has 0 aromatic rings. The number of ether oxygens (including phenoxy) is 1. The molecular formula is C14H25N4O4+. The zero-order chi connectivity index (χ0) is 17.1. The van der Waals surface area contributed by atoms with Gasteiger partial charge in [-0.2, -0.15) is 0 Å². The maximum absolute atomic E-state index is 12.0. The lowest BCUT2D eigenvalue weighted by Gasteiger charge is -2.20. The molecule has 0 rings (SSSR count). The molecule has 0 heterocycles. The summed E-state index contributed by atoms with van der Waals surface area (Å²) < 4.78 is 4.88. The molecular weight excluding hydrogens is 288 g/mol. The zero-order valence-electron chi connectivity index (χ0n) is 13.3. The van der Waals surface area contributed by atoms with Crippen molar-refractivity contribution in [3.05, 3.63) is 0 Å². The van der Waals surface area contributed by atoms with Crippen LogP contribution in [0.4, 0.5) is 0 Å². The van der Waals surface area contributed by atoms with Gasteiger partial charge in [-0.1, -0.05) is 13.8 Å². The molecule has 0 aromatic carbocycles. The van der Waals surface area contributed by atoms with Gasteiger partial charge in [-0.05, 0) is 25.7 Å². The van der Waals surface area contributed by atoms with Crippen molar-refractivity contribution in [2.45, 2.75) is 52.1 Å². The molecule has 0 fully saturated rings. The minimum atomic E-state index is -0.936. The van der Waals surface area contributed by atoms with Gasteiger partial charge in [0.2, 0.25) is 11.7 Å². The van der Waals surface area contributed by atoms with Gasteiger partial charge < -0.3 is 15.8 Å². The van der Waals surface area contributed by atoms with Gasteiger partial charge in [-0.15, -0.1) is 0 Å². The standard InChI is InChI=1S/C14H24N4O4/c1-4-22-14(21)12(6-5-10(19)8-17-16)18-13(20)11(15)7-9(2)3/h8-9,11-12,16H,4-7,15H2,1-3H3/p+1/t11-,12-/m0/s1. The Bertz CT molecular complexity index is 444. The van der Waals surface area contributed by atoms with Crippen LogP contribution in [0.25, 0.3) is 0 Å². The van der Waals surface area contributed by atoms with Crippen molar-refractivity contribution in [1.82, 2.24) is 5.32 Å². The molecule has 22 heavy (non-hydrogen) atoms. The second kappa shape index (κ2) is 10.6. The van der Waals surface area contributed by atoms with E-state index in [1.807, 2.05) is 13.8 Å². The Morgan fingerprint density at radius 2 is 2.00 bits per heavy atom. The summed E-state index contributed by atoms with van der Waals surface area (Å²) >= 11 is 0. The maximum Gasteiger partial charge on any atom is 0.372 e. The van der Waals surface area contributed by atoms with Gasteiger partial charge in [0.25, 0.3) is 0 Å². The largest absolute Gasteiger partial charge is 0.464 e. The third-order valence-electron chi connectivity index (χ3n) is 2.84. The molecule has 0 spiro atoms. The first-order chi connectivity index (χ1) is 10.3. The summed E-state index contributed by atoms with van der Waals surface area (Å²) in [4.78, 5) is 38.0. The molecule has 0 saturated carbocycles. The number of amides is 1. The highest BCUT2D eigenvalue weighted by Crippen LogP contribution is 2.05. The molecule has 1 amide bonds. The number of hydrogen-bond donors (Lipinski definition) is 3. The molecule has 0 unspecified atom stereocenters. The van der Waals surface area contributed by atoms with Gasteiger partial charge in [0.1, 0.15) is 6.04 Å². The van der Waals surface area contributed by atoms with Crippen LogP contribution >= 0.6 is 0 Å². The number of carbonyl (C=O) groups excluding carboxylic acids is 3. The van der Waals surface area contributed by atoms with Crippen molar-refractivity contribution < 1.29 is 23.9 Å². The third kappa shape index (κ3) is 8.28. The smallest absolute Gasteiger partial charge is 0.372 e. The van der Waals surface area contributed by atoms with Gasteiger partial charge in [0.15, 0.2) is 0 Å². The lowest BCUT2D eigenvalue weighted by molar-refractivity contribution is -0.148. The average molecular weight is 313 g/mol. The molecule has 0 aromatic heterocycles. The van der Waals surface area contributed by atoms with Crippen molar-refractivity contribution in [1.29, 1.82) is 5.53 Å². The lowest BCUT2D eigenvalue weighted by atomic mass is 10.0. The van der Waals surface area contributed by atoms with E-state index in [1.165, 1.54) is 0 Å². The van der Waals surface area contributed by atoms with Crippen LogP contribution in [0.3, 0.4) is 0 Å². The maximum atomic E-state index is 12.0. The van der Waals surface area contributed by atoms with Crippen LogP contribution < -0.4 is 11.1 Å². The van der Waals surface area contributed by atoms with E-state index in [1.54, 1.807) is 6.92 Å². The Balaban J connectivity index is 4.71. The molecule has 4 N–H and O–H groups in total. The molecule has 0 bridgehead atoms. The third-order valence-corrected chi connectivity index (χ3v) is 2.84. The predicted molar refractivity (Wildman–Crippen MR) is 79.3 cm³/mol. The fourth-order valence-electron chi connectivity index (χ4n) is 1.81. The van der Waals surface area contributed by atoms with Gasteiger partial charge in [0, 0.05) is 6.42 Å². The summed E-state index contributed by atoms with van der Waals surface area (Å²) in [5.74, 6) is -1.21. The summed E-state index contributed by atoms with van der Waals surface area (Å²) in [6.45, 7) is 5.70. The van der Waals surface area contributed by atoms with Crippen molar-refractivity contribution in [2.24, 2.45) is 11.7 Å². The second-order valence-electron chi connectivity index (χ2n) is 5.31. The van der Waals surface area contributed by atoms with Gasteiger partial charge in [-0.25, -0.2) is 4.79 Å². The highest BCUT2D eigenvalue weighted by atomic mass is 16.5. The fourth-order valence-corrected chi connectivity index (χ4v) is 1.81. The number of rotatable bonds is 10. The summed E-state index contributed by atoms with van der Waals surface area (Å²) in [6, 6.07) is -1.66. The quantitative estimate of drug-likeness (QED) is 0.227. The number of nitrogens with one attached hydrogen (secondary N) is 2. The number of nitrogens with zero attached hydrogens (tertiary/aromatic N) is 1. The Hall–Kier alpha value is -2.05. The summed E-state index contributed by atoms with van der Waals surface area (Å²) in [6.07, 6.45) is 1.40. The van der Waals surface area contributed by atoms with Crippen molar-refractivity contribution in [2.75, 3.05) is 6.61 Å². The Kier molecular flexibility index (Phi) is 9.65. The van der Waals surface area contributed by atoms with Crippen LogP contribution in [0.5, 0.6) is 0 Å². The first kappa shape index (κ1) is 19.9. The van der Waals surface area contributed by atoms with E-state index in [0.717, 1.165) is 6.21 Å². The van der Waals surface area contributed by atoms with Gasteiger partial charge >= 0.3 is 12.2 Å². The number of hydrogen-bond acceptors (Lipinski definition) is 6. The molecule has 0 aliphatic heterocycles. The van der Waals surface area contributed by atoms with E-state index in [4.69, 9.17) is 16.0 Å². The molecule has 0 saturated heterocycles. The minimum Gasteiger partial charge on any atom is -0.464 e. The predicted octanol–water partition coefficient (Wildman–Crippen LogP) is 0.0670. The fraction of sp³-hybridized carbons (Fsp3) is 0.714. The minimum absolute atomic E-state index is 0.0223. The van der Waals surface area contributed by atoms with E-state index in [0.29, 0.717) is 6.42 Å². The number of esters is 1. The highest BCUT2D eigenvalue weighted by Gasteiger charge is 2.26. The Morgan fingerprint density at radius 1 is 1.36 bits per heavy atom. The van der Waals surface area contributed by atoms with Crippen molar-refractivity contribution in [3.8, 4) is 0 Å². The lowest BCUT2D eigenvalue weighted by Crippen LogP contribution is -2.49. The zero-order valence-corrected chi connectivity index (χ0v) is 13.3. The number of nitrogens with two attached hydrogens (primary N) is 1.